The Balaban J connectivity index is 2.30. The molecule has 0 aromatic carbocycles. The van der Waals surface area contributed by atoms with Crippen molar-refractivity contribution in [2.45, 2.75) is 25.4 Å². The van der Waals surface area contributed by atoms with Gasteiger partial charge in [-0.25, -0.2) is 4.39 Å². The number of hydrogen-bond donors (Lipinski definition) is 1. The summed E-state index contributed by atoms with van der Waals surface area (Å²) in [5.41, 5.74) is 0. The lowest BCUT2D eigenvalue weighted by atomic mass is 10.1. The van der Waals surface area contributed by atoms with Gasteiger partial charge >= 0.3 is 0 Å². The minimum atomic E-state index is -0.722. The molecule has 0 heterocycles. The van der Waals surface area contributed by atoms with E-state index in [0.29, 0.717) is 6.42 Å². The SMILES string of the molecule is OCC1CCCC1F. The highest BCUT2D eigenvalue weighted by Crippen LogP contribution is 2.27. The standard InChI is InChI=1S/C6H11FO/c7-6-3-1-2-5(6)4-8/h5-6,8H,1-4H2. The highest BCUT2D eigenvalue weighted by molar-refractivity contribution is 4.75. The fraction of sp³-hybridized carbons (Fsp3) is 1.00. The fourth-order valence-corrected chi connectivity index (χ4v) is 1.20. The fourth-order valence-electron chi connectivity index (χ4n) is 1.20. The van der Waals surface area contributed by atoms with Crippen molar-refractivity contribution in [2.24, 2.45) is 5.92 Å². The van der Waals surface area contributed by atoms with Crippen LogP contribution in [0.25, 0.3) is 0 Å². The predicted octanol–water partition coefficient (Wildman–Crippen LogP) is 1.12. The largest absolute Gasteiger partial charge is 0.396 e. The first-order valence-electron chi connectivity index (χ1n) is 3.09. The first-order chi connectivity index (χ1) is 3.84. The van der Waals surface area contributed by atoms with Gasteiger partial charge in [0.25, 0.3) is 0 Å². The molecule has 1 fully saturated rings. The molecule has 0 radical (unpaired) electrons. The minimum Gasteiger partial charge on any atom is -0.396 e. The van der Waals surface area contributed by atoms with Crippen LogP contribution in [0.3, 0.4) is 0 Å². The molecule has 2 unspecified atom stereocenters. The molecule has 2 atom stereocenters. The van der Waals surface area contributed by atoms with E-state index in [-0.39, 0.29) is 12.5 Å². The van der Waals surface area contributed by atoms with E-state index in [9.17, 15) is 4.39 Å². The molecule has 0 saturated heterocycles. The van der Waals surface area contributed by atoms with E-state index in [4.69, 9.17) is 5.11 Å². The normalized spacial score (nSPS) is 38.2. The van der Waals surface area contributed by atoms with E-state index in [1.165, 1.54) is 0 Å². The molecular formula is C6H11FO. The Morgan fingerprint density at radius 2 is 2.25 bits per heavy atom. The number of halogens is 1. The molecule has 1 nitrogen and oxygen atoms in total. The minimum absolute atomic E-state index is 0.0289. The molecule has 0 aliphatic heterocycles. The molecule has 0 aromatic heterocycles. The molecular weight excluding hydrogens is 107 g/mol. The second-order valence-electron chi connectivity index (χ2n) is 2.39. The number of aliphatic hydroxyl groups is 1. The molecule has 0 aromatic rings. The van der Waals surface area contributed by atoms with Crippen molar-refractivity contribution < 1.29 is 9.50 Å². The van der Waals surface area contributed by atoms with Crippen LogP contribution in [-0.2, 0) is 0 Å². The van der Waals surface area contributed by atoms with Gasteiger partial charge in [0, 0.05) is 12.5 Å². The molecule has 1 N–H and O–H groups in total. The molecule has 1 saturated carbocycles. The summed E-state index contributed by atoms with van der Waals surface area (Å²) in [6, 6.07) is 0. The smallest absolute Gasteiger partial charge is 0.105 e. The van der Waals surface area contributed by atoms with Crippen molar-refractivity contribution in [1.82, 2.24) is 0 Å². The first kappa shape index (κ1) is 6.02. The average Bonchev–Trinajstić information content (AvgIpc) is 2.14. The van der Waals surface area contributed by atoms with Gasteiger partial charge in [0.05, 0.1) is 0 Å². The van der Waals surface area contributed by atoms with Crippen molar-refractivity contribution in [3.8, 4) is 0 Å². The topological polar surface area (TPSA) is 20.2 Å². The summed E-state index contributed by atoms with van der Waals surface area (Å²) in [6.07, 6.45) is 1.76. The molecule has 1 aliphatic carbocycles. The molecule has 0 amide bonds. The second kappa shape index (κ2) is 2.44. The van der Waals surface area contributed by atoms with Gasteiger partial charge in [-0.1, -0.05) is 6.42 Å². The summed E-state index contributed by atoms with van der Waals surface area (Å²) in [6.45, 7) is 0.0289. The van der Waals surface area contributed by atoms with Crippen LogP contribution >= 0.6 is 0 Å². The van der Waals surface area contributed by atoms with Gasteiger partial charge < -0.3 is 5.11 Å². The van der Waals surface area contributed by atoms with Crippen molar-refractivity contribution in [3.05, 3.63) is 0 Å². The Bertz CT molecular complexity index is 74.9. The van der Waals surface area contributed by atoms with Crippen LogP contribution in [0, 0.1) is 5.92 Å². The summed E-state index contributed by atoms with van der Waals surface area (Å²) in [7, 11) is 0. The van der Waals surface area contributed by atoms with Crippen molar-refractivity contribution in [1.29, 1.82) is 0 Å². The average molecular weight is 118 g/mol. The maximum atomic E-state index is 12.4. The van der Waals surface area contributed by atoms with E-state index in [1.807, 2.05) is 0 Å². The lowest BCUT2D eigenvalue weighted by Crippen LogP contribution is -2.11. The maximum Gasteiger partial charge on any atom is 0.105 e. The van der Waals surface area contributed by atoms with Crippen LogP contribution in [0.1, 0.15) is 19.3 Å². The number of hydrogen-bond acceptors (Lipinski definition) is 1. The van der Waals surface area contributed by atoms with Crippen LogP contribution in [0.2, 0.25) is 0 Å². The van der Waals surface area contributed by atoms with Crippen molar-refractivity contribution in [3.63, 3.8) is 0 Å². The zero-order valence-corrected chi connectivity index (χ0v) is 4.81. The Labute approximate surface area is 48.5 Å². The van der Waals surface area contributed by atoms with Gasteiger partial charge in [-0.15, -0.1) is 0 Å². The molecule has 8 heavy (non-hydrogen) atoms. The Kier molecular flexibility index (Phi) is 1.84. The lowest BCUT2D eigenvalue weighted by Gasteiger charge is -2.05. The Morgan fingerprint density at radius 3 is 2.50 bits per heavy atom. The molecule has 1 rings (SSSR count). The van der Waals surface area contributed by atoms with Crippen LogP contribution in [0.4, 0.5) is 4.39 Å². The molecule has 0 bridgehead atoms. The van der Waals surface area contributed by atoms with Gasteiger partial charge in [-0.3, -0.25) is 0 Å². The van der Waals surface area contributed by atoms with Crippen LogP contribution in [0.5, 0.6) is 0 Å². The van der Waals surface area contributed by atoms with E-state index in [2.05, 4.69) is 0 Å². The van der Waals surface area contributed by atoms with Crippen LogP contribution < -0.4 is 0 Å². The predicted molar refractivity (Wildman–Crippen MR) is 29.3 cm³/mol. The van der Waals surface area contributed by atoms with E-state index < -0.39 is 6.17 Å². The van der Waals surface area contributed by atoms with E-state index in [1.54, 1.807) is 0 Å². The molecule has 48 valence electrons. The number of aliphatic hydroxyl groups excluding tert-OH is 1. The van der Waals surface area contributed by atoms with Gasteiger partial charge in [-0.05, 0) is 12.8 Å². The van der Waals surface area contributed by atoms with Crippen molar-refractivity contribution in [2.75, 3.05) is 6.61 Å². The quantitative estimate of drug-likeness (QED) is 0.547. The summed E-state index contributed by atoms with van der Waals surface area (Å²) >= 11 is 0. The monoisotopic (exact) mass is 118 g/mol. The zero-order chi connectivity index (χ0) is 5.98. The summed E-state index contributed by atoms with van der Waals surface area (Å²) in [5, 5.41) is 8.50. The Hall–Kier alpha value is -0.110. The van der Waals surface area contributed by atoms with Crippen LogP contribution in [-0.4, -0.2) is 17.9 Å². The number of rotatable bonds is 1. The van der Waals surface area contributed by atoms with Crippen LogP contribution in [0.15, 0.2) is 0 Å². The van der Waals surface area contributed by atoms with E-state index in [0.717, 1.165) is 12.8 Å². The zero-order valence-electron chi connectivity index (χ0n) is 4.81. The highest BCUT2D eigenvalue weighted by atomic mass is 19.1. The van der Waals surface area contributed by atoms with Gasteiger partial charge in [0.15, 0.2) is 0 Å². The molecule has 0 spiro atoms. The summed E-state index contributed by atoms with van der Waals surface area (Å²) in [4.78, 5) is 0. The maximum absolute atomic E-state index is 12.4. The highest BCUT2D eigenvalue weighted by Gasteiger charge is 2.25. The van der Waals surface area contributed by atoms with Gasteiger partial charge in [0.2, 0.25) is 0 Å². The third kappa shape index (κ3) is 0.996. The molecule has 1 aliphatic rings. The first-order valence-corrected chi connectivity index (χ1v) is 3.09. The van der Waals surface area contributed by atoms with Crippen molar-refractivity contribution >= 4 is 0 Å². The Morgan fingerprint density at radius 1 is 1.50 bits per heavy atom. The third-order valence-corrected chi connectivity index (χ3v) is 1.80. The number of alkyl halides is 1. The van der Waals surface area contributed by atoms with Gasteiger partial charge in [-0.2, -0.15) is 0 Å². The third-order valence-electron chi connectivity index (χ3n) is 1.80. The second-order valence-corrected chi connectivity index (χ2v) is 2.39. The van der Waals surface area contributed by atoms with E-state index >= 15 is 0 Å². The lowest BCUT2D eigenvalue weighted by molar-refractivity contribution is 0.162. The summed E-state index contributed by atoms with van der Waals surface area (Å²) < 4.78 is 12.4. The molecule has 2 heteroatoms. The summed E-state index contributed by atoms with van der Waals surface area (Å²) in [5.74, 6) is -0.0463. The van der Waals surface area contributed by atoms with Gasteiger partial charge in [0.1, 0.15) is 6.17 Å².